The van der Waals surface area contributed by atoms with Crippen LogP contribution in [-0.2, 0) is 4.79 Å². The Balaban J connectivity index is 2.45. The fourth-order valence-corrected chi connectivity index (χ4v) is 1.94. The largest absolute Gasteiger partial charge is 0.481 e. The predicted octanol–water partition coefficient (Wildman–Crippen LogP) is 3.25. The second kappa shape index (κ2) is 7.30. The Morgan fingerprint density at radius 2 is 2.29 bits per heavy atom. The van der Waals surface area contributed by atoms with Crippen molar-refractivity contribution < 1.29 is 9.90 Å². The van der Waals surface area contributed by atoms with Gasteiger partial charge in [0.1, 0.15) is 0 Å². The standard InChI is InChI=1S/C13H18ClNO2/c1-2-12(15-8-4-7-13(16)17)10-5-3-6-11(14)9-10/h3,5-6,9,12,15H,2,4,7-8H2,1H3,(H,16,17). The van der Waals surface area contributed by atoms with Crippen LogP contribution in [0.4, 0.5) is 0 Å². The molecular weight excluding hydrogens is 238 g/mol. The van der Waals surface area contributed by atoms with Gasteiger partial charge in [0, 0.05) is 17.5 Å². The molecule has 0 aliphatic carbocycles. The monoisotopic (exact) mass is 255 g/mol. The number of aliphatic carboxylic acids is 1. The lowest BCUT2D eigenvalue weighted by Crippen LogP contribution is -2.22. The van der Waals surface area contributed by atoms with Crippen LogP contribution in [0, 0.1) is 0 Å². The van der Waals surface area contributed by atoms with Crippen LogP contribution < -0.4 is 5.32 Å². The highest BCUT2D eigenvalue weighted by molar-refractivity contribution is 6.30. The van der Waals surface area contributed by atoms with Crippen LogP contribution in [0.1, 0.15) is 37.8 Å². The molecule has 1 rings (SSSR count). The molecule has 0 heterocycles. The summed E-state index contributed by atoms with van der Waals surface area (Å²) in [5.41, 5.74) is 1.15. The summed E-state index contributed by atoms with van der Waals surface area (Å²) in [7, 11) is 0. The average molecular weight is 256 g/mol. The van der Waals surface area contributed by atoms with Gasteiger partial charge in [0.2, 0.25) is 0 Å². The van der Waals surface area contributed by atoms with Gasteiger partial charge in [0.15, 0.2) is 0 Å². The van der Waals surface area contributed by atoms with Crippen molar-refractivity contribution in [2.45, 2.75) is 32.2 Å². The number of halogens is 1. The molecule has 4 heteroatoms. The zero-order valence-electron chi connectivity index (χ0n) is 9.95. The molecule has 3 nitrogen and oxygen atoms in total. The van der Waals surface area contributed by atoms with Gasteiger partial charge in [-0.15, -0.1) is 0 Å². The number of carboxylic acid groups (broad SMARTS) is 1. The van der Waals surface area contributed by atoms with E-state index in [-0.39, 0.29) is 12.5 Å². The molecule has 2 N–H and O–H groups in total. The third kappa shape index (κ3) is 5.20. The predicted molar refractivity (Wildman–Crippen MR) is 69.4 cm³/mol. The van der Waals surface area contributed by atoms with Crippen molar-refractivity contribution in [1.29, 1.82) is 0 Å². The molecule has 0 aromatic heterocycles. The molecule has 1 aromatic carbocycles. The first kappa shape index (κ1) is 14.0. The first-order valence-corrected chi connectivity index (χ1v) is 6.22. The van der Waals surface area contributed by atoms with Crippen molar-refractivity contribution in [3.8, 4) is 0 Å². The van der Waals surface area contributed by atoms with E-state index in [1.54, 1.807) is 0 Å². The summed E-state index contributed by atoms with van der Waals surface area (Å²) in [6.07, 6.45) is 1.80. The Kier molecular flexibility index (Phi) is 6.01. The fourth-order valence-electron chi connectivity index (χ4n) is 1.74. The SMILES string of the molecule is CCC(NCCCC(=O)O)c1cccc(Cl)c1. The van der Waals surface area contributed by atoms with E-state index in [1.165, 1.54) is 0 Å². The van der Waals surface area contributed by atoms with Gasteiger partial charge in [0.05, 0.1) is 0 Å². The molecule has 0 saturated heterocycles. The highest BCUT2D eigenvalue weighted by Gasteiger charge is 2.08. The van der Waals surface area contributed by atoms with Crippen molar-refractivity contribution in [1.82, 2.24) is 5.32 Å². The Labute approximate surface area is 107 Å². The molecule has 1 unspecified atom stereocenters. The van der Waals surface area contributed by atoms with Crippen molar-refractivity contribution in [2.24, 2.45) is 0 Å². The summed E-state index contributed by atoms with van der Waals surface area (Å²) < 4.78 is 0. The maximum absolute atomic E-state index is 10.4. The van der Waals surface area contributed by atoms with E-state index in [1.807, 2.05) is 24.3 Å². The lowest BCUT2D eigenvalue weighted by atomic mass is 10.0. The Hall–Kier alpha value is -1.06. The quantitative estimate of drug-likeness (QED) is 0.736. The van der Waals surface area contributed by atoms with Gasteiger partial charge in [-0.3, -0.25) is 4.79 Å². The highest BCUT2D eigenvalue weighted by atomic mass is 35.5. The minimum Gasteiger partial charge on any atom is -0.481 e. The number of hydrogen-bond donors (Lipinski definition) is 2. The lowest BCUT2D eigenvalue weighted by molar-refractivity contribution is -0.137. The summed E-state index contributed by atoms with van der Waals surface area (Å²) >= 11 is 5.94. The van der Waals surface area contributed by atoms with Gasteiger partial charge in [-0.25, -0.2) is 0 Å². The number of carbonyl (C=O) groups is 1. The molecule has 0 bridgehead atoms. The van der Waals surface area contributed by atoms with Crippen molar-refractivity contribution in [3.05, 3.63) is 34.9 Å². The molecule has 0 spiro atoms. The van der Waals surface area contributed by atoms with E-state index >= 15 is 0 Å². The molecule has 17 heavy (non-hydrogen) atoms. The van der Waals surface area contributed by atoms with Gasteiger partial charge in [-0.05, 0) is 37.1 Å². The number of rotatable bonds is 7. The van der Waals surface area contributed by atoms with Crippen molar-refractivity contribution in [3.63, 3.8) is 0 Å². The number of nitrogens with one attached hydrogen (secondary N) is 1. The van der Waals surface area contributed by atoms with E-state index in [0.29, 0.717) is 13.0 Å². The maximum Gasteiger partial charge on any atom is 0.303 e. The third-order valence-corrected chi connectivity index (χ3v) is 2.85. The van der Waals surface area contributed by atoms with E-state index in [0.717, 1.165) is 17.0 Å². The molecule has 1 aromatic rings. The second-order valence-electron chi connectivity index (χ2n) is 3.97. The van der Waals surface area contributed by atoms with E-state index in [9.17, 15) is 4.79 Å². The number of hydrogen-bond acceptors (Lipinski definition) is 2. The molecule has 0 aliphatic heterocycles. The summed E-state index contributed by atoms with van der Waals surface area (Å²) in [5, 5.41) is 12.6. The maximum atomic E-state index is 10.4. The highest BCUT2D eigenvalue weighted by Crippen LogP contribution is 2.20. The Morgan fingerprint density at radius 3 is 2.88 bits per heavy atom. The minimum absolute atomic E-state index is 0.207. The van der Waals surface area contributed by atoms with Gasteiger partial charge in [-0.1, -0.05) is 30.7 Å². The van der Waals surface area contributed by atoms with Gasteiger partial charge in [0.25, 0.3) is 0 Å². The van der Waals surface area contributed by atoms with Crippen LogP contribution in [0.15, 0.2) is 24.3 Å². The first-order valence-electron chi connectivity index (χ1n) is 5.84. The molecule has 0 saturated carbocycles. The fraction of sp³-hybridized carbons (Fsp3) is 0.462. The zero-order chi connectivity index (χ0) is 12.7. The summed E-state index contributed by atoms with van der Waals surface area (Å²) in [4.78, 5) is 10.4. The Bertz CT molecular complexity index is 368. The average Bonchev–Trinajstić information content (AvgIpc) is 2.29. The topological polar surface area (TPSA) is 49.3 Å². The van der Waals surface area contributed by atoms with Crippen LogP contribution in [0.25, 0.3) is 0 Å². The molecule has 1 atom stereocenters. The molecule has 0 fully saturated rings. The van der Waals surface area contributed by atoms with E-state index < -0.39 is 5.97 Å². The molecular formula is C13H18ClNO2. The minimum atomic E-state index is -0.748. The zero-order valence-corrected chi connectivity index (χ0v) is 10.7. The van der Waals surface area contributed by atoms with Gasteiger partial charge in [-0.2, -0.15) is 0 Å². The van der Waals surface area contributed by atoms with Gasteiger partial charge < -0.3 is 10.4 Å². The van der Waals surface area contributed by atoms with Crippen LogP contribution in [0.3, 0.4) is 0 Å². The van der Waals surface area contributed by atoms with E-state index in [4.69, 9.17) is 16.7 Å². The summed E-state index contributed by atoms with van der Waals surface area (Å²) in [6.45, 7) is 2.80. The summed E-state index contributed by atoms with van der Waals surface area (Å²) in [5.74, 6) is -0.748. The first-order chi connectivity index (χ1) is 8.13. The second-order valence-corrected chi connectivity index (χ2v) is 4.40. The van der Waals surface area contributed by atoms with Crippen molar-refractivity contribution >= 4 is 17.6 Å². The van der Waals surface area contributed by atoms with Crippen LogP contribution in [0.5, 0.6) is 0 Å². The number of benzene rings is 1. The normalized spacial score (nSPS) is 12.4. The van der Waals surface area contributed by atoms with Crippen LogP contribution in [0.2, 0.25) is 5.02 Å². The van der Waals surface area contributed by atoms with Gasteiger partial charge >= 0.3 is 5.97 Å². The molecule has 0 radical (unpaired) electrons. The van der Waals surface area contributed by atoms with Crippen LogP contribution in [-0.4, -0.2) is 17.6 Å². The molecule has 94 valence electrons. The third-order valence-electron chi connectivity index (χ3n) is 2.62. The van der Waals surface area contributed by atoms with Crippen LogP contribution >= 0.6 is 11.6 Å². The van der Waals surface area contributed by atoms with Crippen molar-refractivity contribution in [2.75, 3.05) is 6.54 Å². The van der Waals surface area contributed by atoms with E-state index in [2.05, 4.69) is 12.2 Å². The smallest absolute Gasteiger partial charge is 0.303 e. The summed E-state index contributed by atoms with van der Waals surface area (Å²) in [6, 6.07) is 7.99. The molecule has 0 aliphatic rings. The molecule has 0 amide bonds. The Morgan fingerprint density at radius 1 is 1.53 bits per heavy atom. The lowest BCUT2D eigenvalue weighted by Gasteiger charge is -2.17. The number of carboxylic acids is 1.